The highest BCUT2D eigenvalue weighted by atomic mass is 16.5. The molecule has 1 N–H and O–H groups in total. The quantitative estimate of drug-likeness (QED) is 0.698. The second-order valence-corrected chi connectivity index (χ2v) is 2.13. The number of phenolic OH excluding ortho intramolecular Hbond substituents is 1. The van der Waals surface area contributed by atoms with Crippen LogP contribution in [-0.2, 0) is 0 Å². The molecular formula is C10H16O2. The molecular weight excluding hydrogens is 152 g/mol. The first kappa shape index (κ1) is 10.8. The maximum Gasteiger partial charge on any atom is 0.160 e. The molecule has 1 rings (SSSR count). The average molecular weight is 168 g/mol. The van der Waals surface area contributed by atoms with Gasteiger partial charge in [-0.2, -0.15) is 0 Å². The van der Waals surface area contributed by atoms with Gasteiger partial charge in [-0.1, -0.05) is 26.0 Å². The van der Waals surface area contributed by atoms with Crippen molar-refractivity contribution >= 4 is 0 Å². The van der Waals surface area contributed by atoms with E-state index in [0.29, 0.717) is 5.75 Å². The summed E-state index contributed by atoms with van der Waals surface area (Å²) in [5.41, 5.74) is 0.833. The van der Waals surface area contributed by atoms with Gasteiger partial charge in [0.15, 0.2) is 11.5 Å². The Hall–Kier alpha value is -1.18. The first-order valence-electron chi connectivity index (χ1n) is 4.08. The Bertz CT molecular complexity index is 231. The van der Waals surface area contributed by atoms with E-state index in [1.54, 1.807) is 6.07 Å². The molecule has 12 heavy (non-hydrogen) atoms. The molecule has 68 valence electrons. The van der Waals surface area contributed by atoms with Gasteiger partial charge in [0.05, 0.1) is 7.11 Å². The van der Waals surface area contributed by atoms with Crippen LogP contribution in [0.15, 0.2) is 18.2 Å². The molecule has 0 amide bonds. The molecule has 0 radical (unpaired) electrons. The number of rotatable bonds is 1. The molecule has 0 aliphatic rings. The minimum absolute atomic E-state index is 0.227. The van der Waals surface area contributed by atoms with Crippen LogP contribution >= 0.6 is 0 Å². The maximum absolute atomic E-state index is 9.27. The van der Waals surface area contributed by atoms with Gasteiger partial charge in [0.1, 0.15) is 0 Å². The predicted octanol–water partition coefficient (Wildman–Crippen LogP) is 2.74. The van der Waals surface area contributed by atoms with E-state index in [0.717, 1.165) is 5.56 Å². The molecule has 1 aromatic carbocycles. The van der Waals surface area contributed by atoms with Gasteiger partial charge >= 0.3 is 0 Å². The van der Waals surface area contributed by atoms with Crippen molar-refractivity contribution in [3.8, 4) is 11.5 Å². The lowest BCUT2D eigenvalue weighted by Crippen LogP contribution is -1.84. The zero-order valence-electron chi connectivity index (χ0n) is 8.09. The van der Waals surface area contributed by atoms with Crippen LogP contribution < -0.4 is 4.74 Å². The Kier molecular flexibility index (Phi) is 4.93. The molecule has 0 heterocycles. The molecule has 0 aliphatic heterocycles. The summed E-state index contributed by atoms with van der Waals surface area (Å²) in [4.78, 5) is 0. The lowest BCUT2D eigenvalue weighted by molar-refractivity contribution is 0.372. The molecule has 0 saturated heterocycles. The Balaban J connectivity index is 0.000000561. The SMILES string of the molecule is CC.COc1cccc(C)c1O. The van der Waals surface area contributed by atoms with Crippen LogP contribution in [-0.4, -0.2) is 12.2 Å². The number of methoxy groups -OCH3 is 1. The lowest BCUT2D eigenvalue weighted by Gasteiger charge is -2.03. The Labute approximate surface area is 73.8 Å². The van der Waals surface area contributed by atoms with E-state index in [-0.39, 0.29) is 5.75 Å². The third-order valence-electron chi connectivity index (χ3n) is 1.42. The maximum atomic E-state index is 9.27. The topological polar surface area (TPSA) is 29.5 Å². The van der Waals surface area contributed by atoms with Crippen molar-refractivity contribution in [1.29, 1.82) is 0 Å². The molecule has 0 bridgehead atoms. The van der Waals surface area contributed by atoms with Crippen LogP contribution in [0.25, 0.3) is 0 Å². The van der Waals surface area contributed by atoms with E-state index in [9.17, 15) is 5.11 Å². The van der Waals surface area contributed by atoms with Crippen LogP contribution in [0.3, 0.4) is 0 Å². The van der Waals surface area contributed by atoms with Crippen LogP contribution in [0.2, 0.25) is 0 Å². The number of hydrogen-bond donors (Lipinski definition) is 1. The van der Waals surface area contributed by atoms with Crippen molar-refractivity contribution in [3.63, 3.8) is 0 Å². The van der Waals surface area contributed by atoms with E-state index in [1.165, 1.54) is 7.11 Å². The second kappa shape index (κ2) is 5.47. The number of hydrogen-bond acceptors (Lipinski definition) is 2. The van der Waals surface area contributed by atoms with E-state index in [4.69, 9.17) is 4.74 Å². The zero-order chi connectivity index (χ0) is 9.56. The molecule has 2 nitrogen and oxygen atoms in total. The zero-order valence-corrected chi connectivity index (χ0v) is 8.09. The Morgan fingerprint density at radius 1 is 1.25 bits per heavy atom. The van der Waals surface area contributed by atoms with Crippen molar-refractivity contribution in [2.45, 2.75) is 20.8 Å². The molecule has 0 spiro atoms. The number of benzene rings is 1. The molecule has 0 unspecified atom stereocenters. The van der Waals surface area contributed by atoms with Gasteiger partial charge in [-0.05, 0) is 18.6 Å². The van der Waals surface area contributed by atoms with Gasteiger partial charge in [0.25, 0.3) is 0 Å². The van der Waals surface area contributed by atoms with Crippen molar-refractivity contribution < 1.29 is 9.84 Å². The predicted molar refractivity (Wildman–Crippen MR) is 50.7 cm³/mol. The van der Waals surface area contributed by atoms with Crippen molar-refractivity contribution in [2.75, 3.05) is 7.11 Å². The van der Waals surface area contributed by atoms with Crippen LogP contribution in [0.4, 0.5) is 0 Å². The number of ether oxygens (including phenoxy) is 1. The number of phenols is 1. The third kappa shape index (κ3) is 2.46. The summed E-state index contributed by atoms with van der Waals surface area (Å²) in [6.45, 7) is 5.83. The summed E-state index contributed by atoms with van der Waals surface area (Å²) in [6, 6.07) is 5.40. The molecule has 2 heteroatoms. The molecule has 0 atom stereocenters. The smallest absolute Gasteiger partial charge is 0.160 e. The largest absolute Gasteiger partial charge is 0.504 e. The molecule has 1 aromatic rings. The van der Waals surface area contributed by atoms with Gasteiger partial charge in [-0.3, -0.25) is 0 Å². The fourth-order valence-electron chi connectivity index (χ4n) is 0.797. The van der Waals surface area contributed by atoms with Gasteiger partial charge < -0.3 is 9.84 Å². The summed E-state index contributed by atoms with van der Waals surface area (Å²) in [5, 5.41) is 9.27. The van der Waals surface area contributed by atoms with Gasteiger partial charge in [0, 0.05) is 0 Å². The van der Waals surface area contributed by atoms with Crippen LogP contribution in [0, 0.1) is 6.92 Å². The summed E-state index contributed by atoms with van der Waals surface area (Å²) in [5.74, 6) is 0.755. The third-order valence-corrected chi connectivity index (χ3v) is 1.42. The normalized spacial score (nSPS) is 8.33. The molecule has 0 aromatic heterocycles. The lowest BCUT2D eigenvalue weighted by atomic mass is 10.2. The van der Waals surface area contributed by atoms with Crippen molar-refractivity contribution in [1.82, 2.24) is 0 Å². The summed E-state index contributed by atoms with van der Waals surface area (Å²) < 4.78 is 4.88. The fourth-order valence-corrected chi connectivity index (χ4v) is 0.797. The number of aryl methyl sites for hydroxylation is 1. The van der Waals surface area contributed by atoms with Crippen molar-refractivity contribution in [2.24, 2.45) is 0 Å². The van der Waals surface area contributed by atoms with E-state index in [2.05, 4.69) is 0 Å². The summed E-state index contributed by atoms with van der Waals surface area (Å²) in [6.07, 6.45) is 0. The molecule has 0 fully saturated rings. The van der Waals surface area contributed by atoms with Crippen LogP contribution in [0.5, 0.6) is 11.5 Å². The van der Waals surface area contributed by atoms with E-state index >= 15 is 0 Å². The minimum Gasteiger partial charge on any atom is -0.504 e. The first-order valence-corrected chi connectivity index (χ1v) is 4.08. The minimum atomic E-state index is 0.227. The summed E-state index contributed by atoms with van der Waals surface area (Å²) >= 11 is 0. The fraction of sp³-hybridized carbons (Fsp3) is 0.400. The molecule has 0 saturated carbocycles. The highest BCUT2D eigenvalue weighted by Crippen LogP contribution is 2.27. The monoisotopic (exact) mass is 168 g/mol. The van der Waals surface area contributed by atoms with Crippen LogP contribution in [0.1, 0.15) is 19.4 Å². The number of para-hydroxylation sites is 1. The summed E-state index contributed by atoms with van der Waals surface area (Å²) in [7, 11) is 1.54. The van der Waals surface area contributed by atoms with Gasteiger partial charge in [-0.15, -0.1) is 0 Å². The van der Waals surface area contributed by atoms with Gasteiger partial charge in [0.2, 0.25) is 0 Å². The molecule has 0 aliphatic carbocycles. The Morgan fingerprint density at radius 2 is 1.83 bits per heavy atom. The standard InChI is InChI=1S/C8H10O2.C2H6/c1-6-4-3-5-7(10-2)8(6)9;1-2/h3-5,9H,1-2H3;1-2H3. The number of aromatic hydroxyl groups is 1. The highest BCUT2D eigenvalue weighted by molar-refractivity contribution is 5.44. The average Bonchev–Trinajstić information content (AvgIpc) is 2.13. The van der Waals surface area contributed by atoms with Gasteiger partial charge in [-0.25, -0.2) is 0 Å². The van der Waals surface area contributed by atoms with Crippen molar-refractivity contribution in [3.05, 3.63) is 23.8 Å². The van der Waals surface area contributed by atoms with E-state index in [1.807, 2.05) is 32.9 Å². The Morgan fingerprint density at radius 3 is 2.25 bits per heavy atom. The highest BCUT2D eigenvalue weighted by Gasteiger charge is 2.00. The first-order chi connectivity index (χ1) is 5.75. The second-order valence-electron chi connectivity index (χ2n) is 2.13. The van der Waals surface area contributed by atoms with E-state index < -0.39 is 0 Å².